The van der Waals surface area contributed by atoms with Crippen LogP contribution >= 0.6 is 27.3 Å². The summed E-state index contributed by atoms with van der Waals surface area (Å²) in [6.45, 7) is 3.43. The zero-order valence-electron chi connectivity index (χ0n) is 12.4. The number of rotatable bonds is 3. The molecule has 0 radical (unpaired) electrons. The number of piperazine rings is 1. The third-order valence-electron chi connectivity index (χ3n) is 4.06. The predicted octanol–water partition coefficient (Wildman–Crippen LogP) is 3.36. The van der Waals surface area contributed by atoms with Crippen molar-refractivity contribution in [3.05, 3.63) is 39.1 Å². The lowest BCUT2D eigenvalue weighted by atomic mass is 10.1. The minimum atomic E-state index is 0.574. The fourth-order valence-corrected chi connectivity index (χ4v) is 3.98. The molecule has 5 heteroatoms. The maximum absolute atomic E-state index is 4.83. The number of aromatic nitrogens is 1. The van der Waals surface area contributed by atoms with Gasteiger partial charge < -0.3 is 9.80 Å². The molecule has 0 amide bonds. The number of thiazole rings is 1. The zero-order valence-corrected chi connectivity index (χ0v) is 14.8. The maximum atomic E-state index is 4.83. The highest BCUT2D eigenvalue weighted by atomic mass is 79.9. The van der Waals surface area contributed by atoms with E-state index in [1.807, 2.05) is 6.07 Å². The van der Waals surface area contributed by atoms with Crippen LogP contribution in [-0.2, 0) is 6.42 Å². The summed E-state index contributed by atoms with van der Waals surface area (Å²) < 4.78 is 1.10. The lowest BCUT2D eigenvalue weighted by Gasteiger charge is -2.37. The van der Waals surface area contributed by atoms with Gasteiger partial charge in [0.15, 0.2) is 0 Å². The third-order valence-corrected chi connectivity index (χ3v) is 5.43. The molecule has 1 aromatic heterocycles. The van der Waals surface area contributed by atoms with Crippen molar-refractivity contribution >= 4 is 27.3 Å². The average molecular weight is 366 g/mol. The quantitative estimate of drug-likeness (QED) is 0.831. The topological polar surface area (TPSA) is 19.4 Å². The van der Waals surface area contributed by atoms with E-state index >= 15 is 0 Å². The Bertz CT molecular complexity index is 613. The summed E-state index contributed by atoms with van der Waals surface area (Å²) in [4.78, 5) is 9.70. The molecule has 0 aliphatic carbocycles. The molecule has 1 atom stereocenters. The number of likely N-dealkylation sites (N-methyl/N-ethyl adjacent to an activating group) is 2. The number of hydrogen-bond acceptors (Lipinski definition) is 4. The van der Waals surface area contributed by atoms with Gasteiger partial charge in [0.2, 0.25) is 0 Å². The fraction of sp³-hybridized carbons (Fsp3) is 0.438. The molecule has 2 heterocycles. The smallest absolute Gasteiger partial charge is 0.0948 e. The standard InChI is InChI=1S/C16H20BrN3S/c1-19-6-7-20(2)14(10-19)9-16-18-15(11-21-16)12-4-3-5-13(17)8-12/h3-5,8,11,14H,6-7,9-10H2,1-2H3. The molecule has 0 saturated carbocycles. The molecule has 1 saturated heterocycles. The van der Waals surface area contributed by atoms with E-state index in [-0.39, 0.29) is 0 Å². The van der Waals surface area contributed by atoms with Crippen LogP contribution in [0.5, 0.6) is 0 Å². The summed E-state index contributed by atoms with van der Waals surface area (Å²) >= 11 is 5.30. The van der Waals surface area contributed by atoms with Crippen LogP contribution in [0, 0.1) is 0 Å². The Hall–Kier alpha value is -0.750. The van der Waals surface area contributed by atoms with E-state index in [0.717, 1.165) is 36.2 Å². The van der Waals surface area contributed by atoms with E-state index in [9.17, 15) is 0 Å². The second-order valence-corrected chi connectivity index (χ2v) is 7.60. The van der Waals surface area contributed by atoms with Gasteiger partial charge in [-0.2, -0.15) is 0 Å². The van der Waals surface area contributed by atoms with Gasteiger partial charge in [-0.15, -0.1) is 11.3 Å². The molecular formula is C16H20BrN3S. The van der Waals surface area contributed by atoms with Crippen molar-refractivity contribution in [2.75, 3.05) is 33.7 Å². The first-order valence-electron chi connectivity index (χ1n) is 7.21. The minimum absolute atomic E-state index is 0.574. The van der Waals surface area contributed by atoms with Gasteiger partial charge in [0.05, 0.1) is 10.7 Å². The van der Waals surface area contributed by atoms with Gasteiger partial charge in [-0.25, -0.2) is 4.98 Å². The van der Waals surface area contributed by atoms with Gasteiger partial charge in [-0.1, -0.05) is 28.1 Å². The van der Waals surface area contributed by atoms with Crippen molar-refractivity contribution in [2.24, 2.45) is 0 Å². The number of halogens is 1. The lowest BCUT2D eigenvalue weighted by Crippen LogP contribution is -2.50. The number of nitrogens with zero attached hydrogens (tertiary/aromatic N) is 3. The van der Waals surface area contributed by atoms with Crippen LogP contribution in [0.3, 0.4) is 0 Å². The first-order valence-corrected chi connectivity index (χ1v) is 8.88. The largest absolute Gasteiger partial charge is 0.304 e. The summed E-state index contributed by atoms with van der Waals surface area (Å²) in [7, 11) is 4.43. The Kier molecular flexibility index (Phi) is 4.74. The SMILES string of the molecule is CN1CCN(C)C(Cc2nc(-c3cccc(Br)c3)cs2)C1. The van der Waals surface area contributed by atoms with Crippen LogP contribution in [0.4, 0.5) is 0 Å². The van der Waals surface area contributed by atoms with E-state index in [2.05, 4.69) is 63.4 Å². The Morgan fingerprint density at radius 2 is 2.19 bits per heavy atom. The molecule has 1 aliphatic heterocycles. The Morgan fingerprint density at radius 1 is 1.33 bits per heavy atom. The van der Waals surface area contributed by atoms with Gasteiger partial charge in [0.25, 0.3) is 0 Å². The Labute approximate surface area is 138 Å². The van der Waals surface area contributed by atoms with Crippen molar-refractivity contribution in [1.29, 1.82) is 0 Å². The Balaban J connectivity index is 1.73. The summed E-state index contributed by atoms with van der Waals surface area (Å²) in [6, 6.07) is 8.92. The van der Waals surface area contributed by atoms with E-state index < -0.39 is 0 Å². The lowest BCUT2D eigenvalue weighted by molar-refractivity contribution is 0.114. The van der Waals surface area contributed by atoms with Gasteiger partial charge in [0, 0.05) is 47.5 Å². The molecule has 3 nitrogen and oxygen atoms in total. The zero-order chi connectivity index (χ0) is 14.8. The molecule has 112 valence electrons. The van der Waals surface area contributed by atoms with E-state index in [1.54, 1.807) is 11.3 Å². The second-order valence-electron chi connectivity index (χ2n) is 5.74. The molecule has 1 aromatic carbocycles. The van der Waals surface area contributed by atoms with Gasteiger partial charge in [0.1, 0.15) is 0 Å². The van der Waals surface area contributed by atoms with E-state index in [0.29, 0.717) is 6.04 Å². The van der Waals surface area contributed by atoms with Gasteiger partial charge >= 0.3 is 0 Å². The van der Waals surface area contributed by atoms with Crippen molar-refractivity contribution in [3.63, 3.8) is 0 Å². The van der Waals surface area contributed by atoms with E-state index in [4.69, 9.17) is 4.98 Å². The molecule has 3 rings (SSSR count). The summed E-state index contributed by atoms with van der Waals surface area (Å²) in [5.74, 6) is 0. The number of hydrogen-bond donors (Lipinski definition) is 0. The van der Waals surface area contributed by atoms with Crippen molar-refractivity contribution in [3.8, 4) is 11.3 Å². The molecule has 1 unspecified atom stereocenters. The monoisotopic (exact) mass is 365 g/mol. The minimum Gasteiger partial charge on any atom is -0.304 e. The maximum Gasteiger partial charge on any atom is 0.0948 e. The van der Waals surface area contributed by atoms with Crippen LogP contribution in [0.15, 0.2) is 34.1 Å². The molecule has 1 fully saturated rings. The molecule has 2 aromatic rings. The first kappa shape index (κ1) is 15.2. The second kappa shape index (κ2) is 6.57. The highest BCUT2D eigenvalue weighted by molar-refractivity contribution is 9.10. The molecule has 0 bridgehead atoms. The normalized spacial score (nSPS) is 20.8. The number of benzene rings is 1. The molecule has 0 N–H and O–H groups in total. The van der Waals surface area contributed by atoms with Crippen molar-refractivity contribution in [1.82, 2.24) is 14.8 Å². The van der Waals surface area contributed by atoms with Crippen LogP contribution in [0.1, 0.15) is 5.01 Å². The summed E-state index contributed by atoms with van der Waals surface area (Å²) in [5, 5.41) is 3.40. The highest BCUT2D eigenvalue weighted by Crippen LogP contribution is 2.26. The van der Waals surface area contributed by atoms with Gasteiger partial charge in [-0.05, 0) is 26.2 Å². The van der Waals surface area contributed by atoms with Crippen LogP contribution in [0.25, 0.3) is 11.3 Å². The van der Waals surface area contributed by atoms with Crippen LogP contribution in [0.2, 0.25) is 0 Å². The predicted molar refractivity (Wildman–Crippen MR) is 92.9 cm³/mol. The van der Waals surface area contributed by atoms with Crippen molar-refractivity contribution < 1.29 is 0 Å². The molecule has 21 heavy (non-hydrogen) atoms. The molecule has 0 spiro atoms. The van der Waals surface area contributed by atoms with Crippen LogP contribution < -0.4 is 0 Å². The average Bonchev–Trinajstić information content (AvgIpc) is 2.91. The molecule has 1 aliphatic rings. The summed E-state index contributed by atoms with van der Waals surface area (Å²) in [5.41, 5.74) is 2.27. The molecular weight excluding hydrogens is 346 g/mol. The fourth-order valence-electron chi connectivity index (χ4n) is 2.71. The third kappa shape index (κ3) is 3.72. The van der Waals surface area contributed by atoms with Crippen molar-refractivity contribution in [2.45, 2.75) is 12.5 Å². The van der Waals surface area contributed by atoms with E-state index in [1.165, 1.54) is 10.6 Å². The first-order chi connectivity index (χ1) is 10.1. The Morgan fingerprint density at radius 3 is 3.00 bits per heavy atom. The van der Waals surface area contributed by atoms with Crippen LogP contribution in [-0.4, -0.2) is 54.6 Å². The summed E-state index contributed by atoms with van der Waals surface area (Å²) in [6.07, 6.45) is 1.04. The highest BCUT2D eigenvalue weighted by Gasteiger charge is 2.23. The van der Waals surface area contributed by atoms with Gasteiger partial charge in [-0.3, -0.25) is 0 Å².